The largest absolute Gasteiger partial charge is 0.443 e. The molecule has 1 unspecified atom stereocenters. The normalized spacial score (nSPS) is 15.2. The summed E-state index contributed by atoms with van der Waals surface area (Å²) in [6.07, 6.45) is 3.27. The van der Waals surface area contributed by atoms with E-state index >= 15 is 0 Å². The van der Waals surface area contributed by atoms with Crippen molar-refractivity contribution < 1.29 is 14.3 Å². The first-order valence-electron chi connectivity index (χ1n) is 13.3. The van der Waals surface area contributed by atoms with Crippen LogP contribution in [-0.4, -0.2) is 44.5 Å². The van der Waals surface area contributed by atoms with Crippen molar-refractivity contribution in [2.75, 3.05) is 18.5 Å². The van der Waals surface area contributed by atoms with Gasteiger partial charge in [-0.05, 0) is 61.4 Å². The Bertz CT molecular complexity index is 1880. The van der Waals surface area contributed by atoms with Gasteiger partial charge in [-0.1, -0.05) is 18.2 Å². The van der Waals surface area contributed by atoms with Gasteiger partial charge in [0.2, 0.25) is 0 Å². The molecule has 0 radical (unpaired) electrons. The smallest absolute Gasteiger partial charge is 0.413 e. The third kappa shape index (κ3) is 4.81. The monoisotopic (exact) mass is 548 g/mol. The minimum Gasteiger partial charge on any atom is -0.443 e. The SMILES string of the molecule is Cn1c(=O)n(-c2ccc(C(C)(C)C#N)cc2)c2c3cc(-c4ccc(NC(=O)OC5CCOC5)nc4)ccc3ncc21. The summed E-state index contributed by atoms with van der Waals surface area (Å²) in [7, 11) is 1.73. The maximum Gasteiger partial charge on any atom is 0.413 e. The van der Waals surface area contributed by atoms with Crippen LogP contribution in [0.1, 0.15) is 25.8 Å². The number of carbonyl (C=O) groups excluding carboxylic acids is 1. The minimum absolute atomic E-state index is 0.194. The Hall–Kier alpha value is -5.01. The molecule has 3 aromatic heterocycles. The van der Waals surface area contributed by atoms with E-state index in [4.69, 9.17) is 9.47 Å². The fourth-order valence-electron chi connectivity index (χ4n) is 5.04. The van der Waals surface area contributed by atoms with E-state index in [1.165, 1.54) is 0 Å². The standard InChI is InChI=1S/C31H28N6O4/c1-31(2,18-32)21-6-8-22(9-7-21)37-28-24-14-19(4-10-25(24)33-16-26(28)36(3)30(37)39)20-5-11-27(34-15-20)35-29(38)41-23-12-13-40-17-23/h4-11,14-16,23H,12-13,17H2,1-3H3,(H,34,35,38). The fraction of sp³-hybridized carbons (Fsp3) is 0.258. The summed E-state index contributed by atoms with van der Waals surface area (Å²) in [5.74, 6) is 0.377. The van der Waals surface area contributed by atoms with Crippen LogP contribution in [-0.2, 0) is 21.9 Å². The van der Waals surface area contributed by atoms with Crippen molar-refractivity contribution in [3.63, 3.8) is 0 Å². The van der Waals surface area contributed by atoms with Crippen molar-refractivity contribution in [1.29, 1.82) is 5.26 Å². The van der Waals surface area contributed by atoms with Gasteiger partial charge in [0.15, 0.2) is 0 Å². The van der Waals surface area contributed by atoms with Gasteiger partial charge in [-0.3, -0.25) is 19.4 Å². The highest BCUT2D eigenvalue weighted by atomic mass is 16.6. The Labute approximate surface area is 235 Å². The van der Waals surface area contributed by atoms with Crippen LogP contribution in [0.4, 0.5) is 10.6 Å². The molecule has 1 atom stereocenters. The third-order valence-corrected chi connectivity index (χ3v) is 7.50. The van der Waals surface area contributed by atoms with Gasteiger partial charge < -0.3 is 9.47 Å². The molecule has 10 heteroatoms. The lowest BCUT2D eigenvalue weighted by Gasteiger charge is -2.16. The molecule has 5 aromatic rings. The van der Waals surface area contributed by atoms with Crippen LogP contribution in [0.3, 0.4) is 0 Å². The molecule has 2 aromatic carbocycles. The Morgan fingerprint density at radius 3 is 2.56 bits per heavy atom. The van der Waals surface area contributed by atoms with E-state index in [1.54, 1.807) is 34.6 Å². The number of nitrogens with zero attached hydrogens (tertiary/aromatic N) is 5. The quantitative estimate of drug-likeness (QED) is 0.325. The summed E-state index contributed by atoms with van der Waals surface area (Å²) in [5, 5.41) is 13.0. The van der Waals surface area contributed by atoms with Crippen molar-refractivity contribution in [2.45, 2.75) is 31.8 Å². The number of anilines is 1. The van der Waals surface area contributed by atoms with Crippen LogP contribution in [0, 0.1) is 11.3 Å². The number of aromatic nitrogens is 4. The van der Waals surface area contributed by atoms with Gasteiger partial charge in [0.05, 0.1) is 53.1 Å². The lowest BCUT2D eigenvalue weighted by Crippen LogP contribution is -2.22. The molecular weight excluding hydrogens is 520 g/mol. The first-order chi connectivity index (χ1) is 19.7. The molecule has 0 aliphatic carbocycles. The summed E-state index contributed by atoms with van der Waals surface area (Å²) < 4.78 is 13.8. The van der Waals surface area contributed by atoms with E-state index in [1.807, 2.05) is 62.4 Å². The van der Waals surface area contributed by atoms with E-state index in [9.17, 15) is 14.9 Å². The summed E-state index contributed by atoms with van der Waals surface area (Å²) in [5.41, 5.74) is 4.63. The van der Waals surface area contributed by atoms with Crippen LogP contribution in [0.15, 0.2) is 71.8 Å². The van der Waals surface area contributed by atoms with E-state index in [0.717, 1.165) is 33.1 Å². The number of fused-ring (bicyclic) bond motifs is 3. The second kappa shape index (κ2) is 10.2. The van der Waals surface area contributed by atoms with E-state index in [-0.39, 0.29) is 11.8 Å². The number of ether oxygens (including phenoxy) is 2. The van der Waals surface area contributed by atoms with Gasteiger partial charge in [-0.25, -0.2) is 14.6 Å². The van der Waals surface area contributed by atoms with Gasteiger partial charge in [0.1, 0.15) is 11.9 Å². The molecule has 6 rings (SSSR count). The summed E-state index contributed by atoms with van der Waals surface area (Å²) >= 11 is 0. The first-order valence-corrected chi connectivity index (χ1v) is 13.3. The van der Waals surface area contributed by atoms with E-state index < -0.39 is 11.5 Å². The molecule has 0 saturated carbocycles. The Morgan fingerprint density at radius 1 is 1.10 bits per heavy atom. The molecule has 1 aliphatic heterocycles. The zero-order chi connectivity index (χ0) is 28.7. The van der Waals surface area contributed by atoms with E-state index in [0.29, 0.717) is 36.7 Å². The van der Waals surface area contributed by atoms with Crippen LogP contribution < -0.4 is 11.0 Å². The Balaban J connectivity index is 1.37. The zero-order valence-corrected chi connectivity index (χ0v) is 22.9. The van der Waals surface area contributed by atoms with Gasteiger partial charge in [-0.15, -0.1) is 0 Å². The Kier molecular flexibility index (Phi) is 6.52. The second-order valence-corrected chi connectivity index (χ2v) is 10.6. The van der Waals surface area contributed by atoms with Crippen LogP contribution in [0.2, 0.25) is 0 Å². The molecule has 4 heterocycles. The maximum absolute atomic E-state index is 13.4. The summed E-state index contributed by atoms with van der Waals surface area (Å²) in [6, 6.07) is 19.3. The molecule has 1 N–H and O–H groups in total. The number of imidazole rings is 1. The highest BCUT2D eigenvalue weighted by Gasteiger charge is 2.22. The van der Waals surface area contributed by atoms with Crippen LogP contribution in [0.25, 0.3) is 38.8 Å². The maximum atomic E-state index is 13.4. The molecule has 206 valence electrons. The topological polar surface area (TPSA) is 124 Å². The Morgan fingerprint density at radius 2 is 1.88 bits per heavy atom. The lowest BCUT2D eigenvalue weighted by atomic mass is 9.86. The number of nitrogens with one attached hydrogen (secondary N) is 1. The molecular formula is C31H28N6O4. The van der Waals surface area contributed by atoms with Gasteiger partial charge in [0.25, 0.3) is 0 Å². The lowest BCUT2D eigenvalue weighted by molar-refractivity contribution is 0.0931. The van der Waals surface area contributed by atoms with Crippen LogP contribution in [0.5, 0.6) is 0 Å². The molecule has 1 saturated heterocycles. The highest BCUT2D eigenvalue weighted by molar-refractivity contribution is 6.04. The third-order valence-electron chi connectivity index (χ3n) is 7.50. The number of benzene rings is 2. The van der Waals surface area contributed by atoms with Crippen molar-refractivity contribution >= 4 is 33.8 Å². The molecule has 0 spiro atoms. The predicted molar refractivity (Wildman–Crippen MR) is 155 cm³/mol. The van der Waals surface area contributed by atoms with Crippen molar-refractivity contribution in [3.05, 3.63) is 83.0 Å². The van der Waals surface area contributed by atoms with Gasteiger partial charge in [-0.2, -0.15) is 5.26 Å². The number of nitriles is 1. The van der Waals surface area contributed by atoms with Crippen LogP contribution >= 0.6 is 0 Å². The molecule has 1 aliphatic rings. The number of hydrogen-bond donors (Lipinski definition) is 1. The van der Waals surface area contributed by atoms with Crippen molar-refractivity contribution in [1.82, 2.24) is 19.1 Å². The molecule has 1 amide bonds. The van der Waals surface area contributed by atoms with Crippen molar-refractivity contribution in [2.24, 2.45) is 7.05 Å². The summed E-state index contributed by atoms with van der Waals surface area (Å²) in [4.78, 5) is 34.6. The fourth-order valence-corrected chi connectivity index (χ4v) is 5.04. The molecule has 0 bridgehead atoms. The number of pyridine rings is 2. The second-order valence-electron chi connectivity index (χ2n) is 10.6. The number of carbonyl (C=O) groups is 1. The molecule has 41 heavy (non-hydrogen) atoms. The van der Waals surface area contributed by atoms with Crippen molar-refractivity contribution in [3.8, 4) is 22.9 Å². The van der Waals surface area contributed by atoms with Gasteiger partial charge in [0, 0.05) is 30.6 Å². The highest BCUT2D eigenvalue weighted by Crippen LogP contribution is 2.31. The number of rotatable bonds is 5. The molecule has 10 nitrogen and oxygen atoms in total. The minimum atomic E-state index is -0.641. The average Bonchev–Trinajstić information content (AvgIpc) is 3.59. The zero-order valence-electron chi connectivity index (χ0n) is 22.9. The number of amides is 1. The van der Waals surface area contributed by atoms with Gasteiger partial charge >= 0.3 is 11.8 Å². The number of hydrogen-bond acceptors (Lipinski definition) is 7. The van der Waals surface area contributed by atoms with E-state index in [2.05, 4.69) is 21.4 Å². The number of aryl methyl sites for hydroxylation is 1. The summed E-state index contributed by atoms with van der Waals surface area (Å²) in [6.45, 7) is 4.72. The first kappa shape index (κ1) is 26.2. The molecule has 1 fully saturated rings. The predicted octanol–water partition coefficient (Wildman–Crippen LogP) is 5.08. The average molecular weight is 549 g/mol.